The number of rotatable bonds is 5. The Hall–Kier alpha value is -3.35. The summed E-state index contributed by atoms with van der Waals surface area (Å²) in [6.07, 6.45) is 5.96. The van der Waals surface area contributed by atoms with Crippen LogP contribution in [0.2, 0.25) is 0 Å². The second kappa shape index (κ2) is 7.95. The fourth-order valence-electron chi connectivity index (χ4n) is 3.79. The van der Waals surface area contributed by atoms with Gasteiger partial charge in [-0.3, -0.25) is 14.0 Å². The average molecular weight is 392 g/mol. The Bertz CT molecular complexity index is 1070. The van der Waals surface area contributed by atoms with E-state index in [1.54, 1.807) is 29.8 Å². The zero-order chi connectivity index (χ0) is 20.4. The highest BCUT2D eigenvalue weighted by atomic mass is 16.5. The molecule has 0 radical (unpaired) electrons. The molecule has 2 N–H and O–H groups in total. The van der Waals surface area contributed by atoms with Gasteiger partial charge in [-0.15, -0.1) is 0 Å². The number of fused-ring (bicyclic) bond motifs is 1. The molecule has 1 saturated carbocycles. The van der Waals surface area contributed by atoms with Crippen molar-refractivity contribution in [2.45, 2.75) is 38.6 Å². The van der Waals surface area contributed by atoms with Gasteiger partial charge < -0.3 is 15.4 Å². The summed E-state index contributed by atoms with van der Waals surface area (Å²) >= 11 is 0. The van der Waals surface area contributed by atoms with Crippen molar-refractivity contribution >= 4 is 23.0 Å². The fraction of sp³-hybridized carbons (Fsp3) is 0.318. The Balaban J connectivity index is 1.66. The summed E-state index contributed by atoms with van der Waals surface area (Å²) in [5, 5.41) is 5.91. The topological polar surface area (TPSA) is 84.7 Å². The van der Waals surface area contributed by atoms with Crippen LogP contribution < -0.4 is 15.4 Å². The van der Waals surface area contributed by atoms with Gasteiger partial charge in [-0.1, -0.05) is 25.0 Å². The van der Waals surface area contributed by atoms with Gasteiger partial charge in [-0.2, -0.15) is 0 Å². The normalized spacial score (nSPS) is 14.1. The molecule has 7 heteroatoms. The van der Waals surface area contributed by atoms with Gasteiger partial charge in [0.05, 0.1) is 18.3 Å². The van der Waals surface area contributed by atoms with Gasteiger partial charge in [0, 0.05) is 12.2 Å². The van der Waals surface area contributed by atoms with Crippen molar-refractivity contribution in [3.05, 3.63) is 59.7 Å². The van der Waals surface area contributed by atoms with E-state index in [1.165, 1.54) is 0 Å². The zero-order valence-corrected chi connectivity index (χ0v) is 16.6. The predicted octanol–water partition coefficient (Wildman–Crippen LogP) is 3.58. The lowest BCUT2D eigenvalue weighted by Crippen LogP contribution is -2.33. The van der Waals surface area contributed by atoms with Crippen LogP contribution in [0.3, 0.4) is 0 Å². The number of aromatic nitrogens is 2. The monoisotopic (exact) mass is 392 g/mol. The van der Waals surface area contributed by atoms with Crippen molar-refractivity contribution in [3.8, 4) is 5.75 Å². The van der Waals surface area contributed by atoms with E-state index < -0.39 is 5.91 Å². The molecule has 29 heavy (non-hydrogen) atoms. The maximum absolute atomic E-state index is 13.0. The van der Waals surface area contributed by atoms with Gasteiger partial charge in [-0.05, 0) is 49.6 Å². The third-order valence-corrected chi connectivity index (χ3v) is 5.26. The third kappa shape index (κ3) is 3.81. The standard InChI is InChI=1S/C22H24N4O3/c1-14-10-11-18(29-2)16(13-14)24-21(27)19-17-9-5-6-12-26(17)20(25-19)22(28)23-15-7-3-4-8-15/h5-6,9-13,15H,3-4,7-8H2,1-2H3,(H,23,28)(H,24,27). The minimum atomic E-state index is -0.391. The molecule has 1 fully saturated rings. The molecular weight excluding hydrogens is 368 g/mol. The van der Waals surface area contributed by atoms with Crippen molar-refractivity contribution in [1.29, 1.82) is 0 Å². The quantitative estimate of drug-likeness (QED) is 0.695. The summed E-state index contributed by atoms with van der Waals surface area (Å²) in [4.78, 5) is 30.2. The number of benzene rings is 1. The van der Waals surface area contributed by atoms with E-state index in [9.17, 15) is 9.59 Å². The molecule has 0 spiro atoms. The maximum atomic E-state index is 13.0. The summed E-state index contributed by atoms with van der Waals surface area (Å²) in [6, 6.07) is 11.1. The highest BCUT2D eigenvalue weighted by molar-refractivity contribution is 6.09. The summed E-state index contributed by atoms with van der Waals surface area (Å²) in [7, 11) is 1.55. The molecule has 1 aliphatic rings. The molecule has 0 bridgehead atoms. The van der Waals surface area contributed by atoms with E-state index in [0.717, 1.165) is 31.2 Å². The van der Waals surface area contributed by atoms with Crippen LogP contribution in [-0.2, 0) is 0 Å². The fourth-order valence-corrected chi connectivity index (χ4v) is 3.79. The Morgan fingerprint density at radius 1 is 1.14 bits per heavy atom. The largest absolute Gasteiger partial charge is 0.495 e. The van der Waals surface area contributed by atoms with Crippen LogP contribution in [0.5, 0.6) is 5.75 Å². The second-order valence-corrected chi connectivity index (χ2v) is 7.35. The molecule has 0 unspecified atom stereocenters. The maximum Gasteiger partial charge on any atom is 0.287 e. The molecule has 150 valence electrons. The van der Waals surface area contributed by atoms with Crippen LogP contribution in [-0.4, -0.2) is 34.4 Å². The smallest absolute Gasteiger partial charge is 0.287 e. The Labute approximate surface area is 169 Å². The Kier molecular flexibility index (Phi) is 5.20. The van der Waals surface area contributed by atoms with Crippen molar-refractivity contribution in [2.24, 2.45) is 0 Å². The first-order chi connectivity index (χ1) is 14.1. The first-order valence-electron chi connectivity index (χ1n) is 9.81. The number of amides is 2. The van der Waals surface area contributed by atoms with Crippen LogP contribution >= 0.6 is 0 Å². The number of hydrogen-bond donors (Lipinski definition) is 2. The number of nitrogens with one attached hydrogen (secondary N) is 2. The van der Waals surface area contributed by atoms with Crippen LogP contribution in [0.15, 0.2) is 42.6 Å². The Morgan fingerprint density at radius 2 is 1.93 bits per heavy atom. The van der Waals surface area contributed by atoms with Crippen molar-refractivity contribution in [3.63, 3.8) is 0 Å². The first kappa shape index (κ1) is 19.0. The molecule has 2 amide bonds. The minimum absolute atomic E-state index is 0.174. The van der Waals surface area contributed by atoms with E-state index in [2.05, 4.69) is 15.6 Å². The van der Waals surface area contributed by atoms with Crippen molar-refractivity contribution in [1.82, 2.24) is 14.7 Å². The number of methoxy groups -OCH3 is 1. The molecular formula is C22H24N4O3. The summed E-state index contributed by atoms with van der Waals surface area (Å²) in [6.45, 7) is 1.94. The van der Waals surface area contributed by atoms with E-state index in [4.69, 9.17) is 4.74 Å². The summed E-state index contributed by atoms with van der Waals surface area (Å²) in [5.74, 6) is 0.128. The number of ether oxygens (including phenoxy) is 1. The molecule has 3 aromatic rings. The van der Waals surface area contributed by atoms with E-state index >= 15 is 0 Å². The van der Waals surface area contributed by atoms with E-state index in [-0.39, 0.29) is 23.5 Å². The number of imidazole rings is 1. The third-order valence-electron chi connectivity index (χ3n) is 5.26. The highest BCUT2D eigenvalue weighted by Crippen LogP contribution is 2.26. The zero-order valence-electron chi connectivity index (χ0n) is 16.6. The van der Waals surface area contributed by atoms with Gasteiger partial charge in [0.1, 0.15) is 5.75 Å². The Morgan fingerprint density at radius 3 is 2.69 bits per heavy atom. The average Bonchev–Trinajstić information content (AvgIpc) is 3.36. The number of pyridine rings is 1. The number of carbonyl (C=O) groups excluding carboxylic acids is 2. The van der Waals surface area contributed by atoms with Crippen LogP contribution in [0.4, 0.5) is 5.69 Å². The van der Waals surface area contributed by atoms with Crippen LogP contribution in [0.1, 0.15) is 52.4 Å². The van der Waals surface area contributed by atoms with Gasteiger partial charge in [-0.25, -0.2) is 4.98 Å². The van der Waals surface area contributed by atoms with E-state index in [0.29, 0.717) is 17.0 Å². The molecule has 1 aromatic carbocycles. The lowest BCUT2D eigenvalue weighted by Gasteiger charge is -2.10. The molecule has 4 rings (SSSR count). The van der Waals surface area contributed by atoms with Crippen molar-refractivity contribution < 1.29 is 14.3 Å². The minimum Gasteiger partial charge on any atom is -0.495 e. The van der Waals surface area contributed by atoms with E-state index in [1.807, 2.05) is 31.2 Å². The van der Waals surface area contributed by atoms with Crippen LogP contribution in [0.25, 0.3) is 5.52 Å². The van der Waals surface area contributed by atoms with Crippen molar-refractivity contribution in [2.75, 3.05) is 12.4 Å². The predicted molar refractivity (Wildman–Crippen MR) is 111 cm³/mol. The number of aryl methyl sites for hydroxylation is 1. The summed E-state index contributed by atoms with van der Waals surface area (Å²) < 4.78 is 7.00. The lowest BCUT2D eigenvalue weighted by molar-refractivity contribution is 0.0926. The highest BCUT2D eigenvalue weighted by Gasteiger charge is 2.25. The SMILES string of the molecule is COc1ccc(C)cc1NC(=O)c1nc(C(=O)NC2CCCC2)n2ccccc12. The molecule has 0 aliphatic heterocycles. The van der Waals surface area contributed by atoms with Gasteiger partial charge in [0.25, 0.3) is 11.8 Å². The molecule has 0 atom stereocenters. The first-order valence-corrected chi connectivity index (χ1v) is 9.81. The molecule has 2 heterocycles. The van der Waals surface area contributed by atoms with Gasteiger partial charge in [0.2, 0.25) is 5.82 Å². The molecule has 0 saturated heterocycles. The number of nitrogens with zero attached hydrogens (tertiary/aromatic N) is 2. The number of hydrogen-bond acceptors (Lipinski definition) is 4. The molecule has 2 aromatic heterocycles. The number of anilines is 1. The van der Waals surface area contributed by atoms with Gasteiger partial charge >= 0.3 is 0 Å². The molecule has 1 aliphatic carbocycles. The second-order valence-electron chi connectivity index (χ2n) is 7.35. The summed E-state index contributed by atoms with van der Waals surface area (Å²) in [5.41, 5.74) is 2.33. The van der Waals surface area contributed by atoms with Crippen LogP contribution in [0, 0.1) is 6.92 Å². The van der Waals surface area contributed by atoms with Gasteiger partial charge in [0.15, 0.2) is 5.69 Å². The molecule has 7 nitrogen and oxygen atoms in total. The lowest BCUT2D eigenvalue weighted by atomic mass is 10.2. The number of carbonyl (C=O) groups is 2.